The van der Waals surface area contributed by atoms with Crippen molar-refractivity contribution < 1.29 is 9.53 Å². The molecule has 0 saturated carbocycles. The SMILES string of the molecule is COc1ccccc1-c1c[nH]c2ncc(C3C=C(C(=O)N(C)C)C(N)=CC3C)cc12. The summed E-state index contributed by atoms with van der Waals surface area (Å²) in [6.45, 7) is 2.10. The third-order valence-electron chi connectivity index (χ3n) is 5.64. The number of H-pyrrole nitrogens is 1. The van der Waals surface area contributed by atoms with Crippen LogP contribution in [0.3, 0.4) is 0 Å². The Balaban J connectivity index is 1.81. The number of amides is 1. The second kappa shape index (κ2) is 7.71. The molecule has 154 valence electrons. The van der Waals surface area contributed by atoms with Gasteiger partial charge in [-0.05, 0) is 23.6 Å². The largest absolute Gasteiger partial charge is 0.496 e. The Labute approximate surface area is 176 Å². The minimum Gasteiger partial charge on any atom is -0.496 e. The Morgan fingerprint density at radius 1 is 1.20 bits per heavy atom. The number of likely N-dealkylation sites (N-methyl/N-ethyl adjacent to an activating group) is 1. The van der Waals surface area contributed by atoms with Crippen LogP contribution >= 0.6 is 0 Å². The zero-order valence-corrected chi connectivity index (χ0v) is 17.6. The number of fused-ring (bicyclic) bond motifs is 1. The number of benzene rings is 1. The monoisotopic (exact) mass is 402 g/mol. The molecule has 2 atom stereocenters. The lowest BCUT2D eigenvalue weighted by molar-refractivity contribution is -0.124. The number of aromatic amines is 1. The Hall–Kier alpha value is -3.54. The van der Waals surface area contributed by atoms with Crippen molar-refractivity contribution >= 4 is 16.9 Å². The van der Waals surface area contributed by atoms with Crippen LogP contribution in [0.2, 0.25) is 0 Å². The van der Waals surface area contributed by atoms with E-state index in [9.17, 15) is 4.79 Å². The summed E-state index contributed by atoms with van der Waals surface area (Å²) in [5, 5.41) is 1.01. The minimum absolute atomic E-state index is 0.00789. The number of para-hydroxylation sites is 1. The van der Waals surface area contributed by atoms with Crippen LogP contribution in [-0.4, -0.2) is 42.0 Å². The molecule has 1 aromatic carbocycles. The molecule has 0 saturated heterocycles. The van der Waals surface area contributed by atoms with Crippen LogP contribution < -0.4 is 10.5 Å². The summed E-state index contributed by atoms with van der Waals surface area (Å²) in [6.07, 6.45) is 7.76. The topological polar surface area (TPSA) is 84.2 Å². The van der Waals surface area contributed by atoms with Gasteiger partial charge in [-0.15, -0.1) is 0 Å². The van der Waals surface area contributed by atoms with E-state index >= 15 is 0 Å². The van der Waals surface area contributed by atoms with Gasteiger partial charge in [0.2, 0.25) is 0 Å². The maximum atomic E-state index is 12.6. The van der Waals surface area contributed by atoms with Crippen molar-refractivity contribution in [3.63, 3.8) is 0 Å². The van der Waals surface area contributed by atoms with Gasteiger partial charge < -0.3 is 20.4 Å². The first-order chi connectivity index (χ1) is 14.4. The van der Waals surface area contributed by atoms with Gasteiger partial charge in [-0.2, -0.15) is 0 Å². The molecule has 6 nitrogen and oxygen atoms in total. The number of allylic oxidation sites excluding steroid dienone is 2. The van der Waals surface area contributed by atoms with E-state index < -0.39 is 0 Å². The number of carbonyl (C=O) groups excluding carboxylic acids is 1. The number of hydrogen-bond donors (Lipinski definition) is 2. The number of methoxy groups -OCH3 is 1. The normalized spacial score (nSPS) is 18.7. The van der Waals surface area contributed by atoms with Crippen LogP contribution in [0.15, 0.2) is 66.1 Å². The Morgan fingerprint density at radius 3 is 2.70 bits per heavy atom. The predicted octanol–water partition coefficient (Wildman–Crippen LogP) is 3.83. The van der Waals surface area contributed by atoms with Crippen LogP contribution in [0.1, 0.15) is 18.4 Å². The van der Waals surface area contributed by atoms with Gasteiger partial charge in [-0.1, -0.05) is 37.3 Å². The van der Waals surface area contributed by atoms with Crippen molar-refractivity contribution in [3.05, 3.63) is 71.7 Å². The molecule has 2 unspecified atom stereocenters. The maximum Gasteiger partial charge on any atom is 0.255 e. The molecule has 3 N–H and O–H groups in total. The molecule has 0 fully saturated rings. The number of ether oxygens (including phenoxy) is 1. The molecule has 0 aliphatic heterocycles. The van der Waals surface area contributed by atoms with Gasteiger partial charge in [0, 0.05) is 54.6 Å². The summed E-state index contributed by atoms with van der Waals surface area (Å²) in [5.41, 5.74) is 11.1. The fourth-order valence-electron chi connectivity index (χ4n) is 4.03. The van der Waals surface area contributed by atoms with E-state index in [-0.39, 0.29) is 17.7 Å². The quantitative estimate of drug-likeness (QED) is 0.695. The highest BCUT2D eigenvalue weighted by atomic mass is 16.5. The standard InChI is InChI=1S/C24H26N4O2/c1-14-9-21(25)19(24(29)28(2)3)11-17(14)15-10-18-20(13-27-23(18)26-12-15)16-7-5-6-8-22(16)30-4/h5-14,17H,25H2,1-4H3,(H,26,27). The highest BCUT2D eigenvalue weighted by Crippen LogP contribution is 2.38. The molecular formula is C24H26N4O2. The number of nitrogens with two attached hydrogens (primary N) is 1. The van der Waals surface area contributed by atoms with Gasteiger partial charge in [0.15, 0.2) is 0 Å². The zero-order valence-electron chi connectivity index (χ0n) is 17.6. The average molecular weight is 402 g/mol. The summed E-state index contributed by atoms with van der Waals surface area (Å²) >= 11 is 0. The Kier molecular flexibility index (Phi) is 5.08. The lowest BCUT2D eigenvalue weighted by Crippen LogP contribution is -2.29. The van der Waals surface area contributed by atoms with Gasteiger partial charge in [0.25, 0.3) is 5.91 Å². The van der Waals surface area contributed by atoms with Gasteiger partial charge >= 0.3 is 0 Å². The van der Waals surface area contributed by atoms with E-state index in [4.69, 9.17) is 10.5 Å². The fourth-order valence-corrected chi connectivity index (χ4v) is 4.03. The van der Waals surface area contributed by atoms with Crippen molar-refractivity contribution in [2.24, 2.45) is 11.7 Å². The molecule has 6 heteroatoms. The second-order valence-electron chi connectivity index (χ2n) is 7.85. The molecule has 1 amide bonds. The first kappa shape index (κ1) is 19.8. The fraction of sp³-hybridized carbons (Fsp3) is 0.250. The van der Waals surface area contributed by atoms with Crippen molar-refractivity contribution in [2.75, 3.05) is 21.2 Å². The lowest BCUT2D eigenvalue weighted by atomic mass is 9.81. The molecule has 2 heterocycles. The molecule has 0 bridgehead atoms. The van der Waals surface area contributed by atoms with Crippen LogP contribution in [0.25, 0.3) is 22.2 Å². The molecule has 0 radical (unpaired) electrons. The lowest BCUT2D eigenvalue weighted by Gasteiger charge is -2.26. The van der Waals surface area contributed by atoms with E-state index in [2.05, 4.69) is 23.0 Å². The molecule has 0 spiro atoms. The Bertz CT molecular complexity index is 1170. The number of nitrogens with zero attached hydrogens (tertiary/aromatic N) is 2. The van der Waals surface area contributed by atoms with E-state index in [1.807, 2.05) is 48.8 Å². The number of pyridine rings is 1. The minimum atomic E-state index is -0.0916. The molecular weight excluding hydrogens is 376 g/mol. The van der Waals surface area contributed by atoms with Crippen molar-refractivity contribution in [2.45, 2.75) is 12.8 Å². The van der Waals surface area contributed by atoms with Gasteiger partial charge in [0.1, 0.15) is 11.4 Å². The van der Waals surface area contributed by atoms with E-state index in [1.165, 1.54) is 0 Å². The molecule has 3 aromatic rings. The molecule has 1 aliphatic carbocycles. The van der Waals surface area contributed by atoms with E-state index in [0.717, 1.165) is 33.5 Å². The van der Waals surface area contributed by atoms with Crippen LogP contribution in [0.4, 0.5) is 0 Å². The van der Waals surface area contributed by atoms with Gasteiger partial charge in [-0.25, -0.2) is 4.98 Å². The number of hydrogen-bond acceptors (Lipinski definition) is 4. The van der Waals surface area contributed by atoms with Crippen molar-refractivity contribution in [3.8, 4) is 16.9 Å². The van der Waals surface area contributed by atoms with E-state index in [0.29, 0.717) is 11.3 Å². The smallest absolute Gasteiger partial charge is 0.255 e. The average Bonchev–Trinajstić information content (AvgIpc) is 3.16. The highest BCUT2D eigenvalue weighted by Gasteiger charge is 2.27. The van der Waals surface area contributed by atoms with Crippen LogP contribution in [-0.2, 0) is 4.79 Å². The van der Waals surface area contributed by atoms with Crippen molar-refractivity contribution in [1.82, 2.24) is 14.9 Å². The van der Waals surface area contributed by atoms with E-state index in [1.54, 1.807) is 26.1 Å². The number of carbonyl (C=O) groups is 1. The number of nitrogens with one attached hydrogen (secondary N) is 1. The third kappa shape index (κ3) is 3.34. The Morgan fingerprint density at radius 2 is 1.97 bits per heavy atom. The number of rotatable bonds is 4. The van der Waals surface area contributed by atoms with Crippen LogP contribution in [0, 0.1) is 5.92 Å². The first-order valence-electron chi connectivity index (χ1n) is 9.92. The molecule has 2 aromatic heterocycles. The molecule has 30 heavy (non-hydrogen) atoms. The first-order valence-corrected chi connectivity index (χ1v) is 9.92. The highest BCUT2D eigenvalue weighted by molar-refractivity contribution is 5.98. The summed E-state index contributed by atoms with van der Waals surface area (Å²) < 4.78 is 5.55. The summed E-state index contributed by atoms with van der Waals surface area (Å²) in [6, 6.07) is 10.1. The summed E-state index contributed by atoms with van der Waals surface area (Å²) in [4.78, 5) is 22.0. The summed E-state index contributed by atoms with van der Waals surface area (Å²) in [7, 11) is 5.14. The molecule has 4 rings (SSSR count). The number of aromatic nitrogens is 2. The second-order valence-corrected chi connectivity index (χ2v) is 7.85. The van der Waals surface area contributed by atoms with Gasteiger partial charge in [0.05, 0.1) is 12.7 Å². The third-order valence-corrected chi connectivity index (χ3v) is 5.64. The zero-order chi connectivity index (χ0) is 21.4. The molecule has 1 aliphatic rings. The van der Waals surface area contributed by atoms with Gasteiger partial charge in [-0.3, -0.25) is 4.79 Å². The predicted molar refractivity (Wildman–Crippen MR) is 119 cm³/mol. The van der Waals surface area contributed by atoms with Crippen molar-refractivity contribution in [1.29, 1.82) is 0 Å². The maximum absolute atomic E-state index is 12.6. The van der Waals surface area contributed by atoms with Crippen LogP contribution in [0.5, 0.6) is 5.75 Å². The summed E-state index contributed by atoms with van der Waals surface area (Å²) in [5.74, 6) is 0.875.